The molecule has 0 saturated carbocycles. The van der Waals surface area contributed by atoms with E-state index in [4.69, 9.17) is 16.3 Å². The molecule has 0 radical (unpaired) electrons. The van der Waals surface area contributed by atoms with Gasteiger partial charge in [-0.3, -0.25) is 5.21 Å². The number of benzene rings is 2. The van der Waals surface area contributed by atoms with Gasteiger partial charge in [0.1, 0.15) is 12.4 Å². The number of halogens is 3. The van der Waals surface area contributed by atoms with Gasteiger partial charge in [0.25, 0.3) is 6.43 Å². The first-order chi connectivity index (χ1) is 12.8. The first-order valence-electron chi connectivity index (χ1n) is 8.18. The van der Waals surface area contributed by atoms with Crippen LogP contribution in [0.2, 0.25) is 5.02 Å². The fourth-order valence-electron chi connectivity index (χ4n) is 2.67. The van der Waals surface area contributed by atoms with E-state index in [1.807, 2.05) is 13.8 Å². The maximum Gasteiger partial charge on any atom is 0.438 e. The highest BCUT2D eigenvalue weighted by molar-refractivity contribution is 6.32. The van der Waals surface area contributed by atoms with Crippen LogP contribution in [-0.2, 0) is 17.8 Å². The number of aryl methyl sites for hydroxylation is 2. The Kier molecular flexibility index (Phi) is 6.98. The fourth-order valence-corrected chi connectivity index (χ4v) is 2.92. The van der Waals surface area contributed by atoms with Gasteiger partial charge in [-0.2, -0.15) is 5.06 Å². The molecule has 0 aliphatic heterocycles. The standard InChI is InChI=1S/C19H20ClF2NO4/c1-4-12-9-15(20)17(8-11(12)2)27-10-14-13(18(21)22)6-5-7-16(14)23(25)19(24)26-3/h5-9,18,25H,4,10H2,1-3H3. The van der Waals surface area contributed by atoms with E-state index in [0.29, 0.717) is 10.8 Å². The lowest BCUT2D eigenvalue weighted by molar-refractivity contribution is 0.138. The number of carbonyl (C=O) groups excluding carboxylic acids is 1. The van der Waals surface area contributed by atoms with E-state index in [1.54, 1.807) is 12.1 Å². The van der Waals surface area contributed by atoms with Crippen LogP contribution in [0.25, 0.3) is 0 Å². The van der Waals surface area contributed by atoms with E-state index in [1.165, 1.54) is 18.2 Å². The predicted molar refractivity (Wildman–Crippen MR) is 98.0 cm³/mol. The normalized spacial score (nSPS) is 10.8. The number of nitrogens with zero attached hydrogens (tertiary/aromatic N) is 1. The summed E-state index contributed by atoms with van der Waals surface area (Å²) < 4.78 is 36.9. The molecule has 0 aliphatic carbocycles. The number of carbonyl (C=O) groups is 1. The van der Waals surface area contributed by atoms with Crippen molar-refractivity contribution in [3.63, 3.8) is 0 Å². The molecule has 0 saturated heterocycles. The van der Waals surface area contributed by atoms with Crippen molar-refractivity contribution >= 4 is 23.4 Å². The van der Waals surface area contributed by atoms with Crippen LogP contribution in [-0.4, -0.2) is 18.4 Å². The van der Waals surface area contributed by atoms with Gasteiger partial charge < -0.3 is 9.47 Å². The Morgan fingerprint density at radius 1 is 1.33 bits per heavy atom. The second-order valence-corrected chi connectivity index (χ2v) is 6.19. The summed E-state index contributed by atoms with van der Waals surface area (Å²) in [7, 11) is 1.07. The van der Waals surface area contributed by atoms with Crippen molar-refractivity contribution in [2.24, 2.45) is 0 Å². The van der Waals surface area contributed by atoms with Crippen LogP contribution in [0.1, 0.15) is 35.6 Å². The highest BCUT2D eigenvalue weighted by atomic mass is 35.5. The molecule has 1 N–H and O–H groups in total. The Labute approximate surface area is 161 Å². The van der Waals surface area contributed by atoms with E-state index in [9.17, 15) is 18.8 Å². The van der Waals surface area contributed by atoms with Gasteiger partial charge in [-0.05, 0) is 42.7 Å². The highest BCUT2D eigenvalue weighted by Crippen LogP contribution is 2.34. The lowest BCUT2D eigenvalue weighted by Gasteiger charge is -2.20. The average Bonchev–Trinajstić information content (AvgIpc) is 2.66. The molecular formula is C19H20ClF2NO4. The maximum atomic E-state index is 13.4. The van der Waals surface area contributed by atoms with Crippen LogP contribution < -0.4 is 9.80 Å². The second kappa shape index (κ2) is 9.01. The number of hydrogen-bond acceptors (Lipinski definition) is 4. The Bertz CT molecular complexity index is 830. The quantitative estimate of drug-likeness (QED) is 0.500. The van der Waals surface area contributed by atoms with Gasteiger partial charge in [0, 0.05) is 11.1 Å². The van der Waals surface area contributed by atoms with Gasteiger partial charge in [0.2, 0.25) is 0 Å². The number of anilines is 1. The number of methoxy groups -OCH3 is 1. The van der Waals surface area contributed by atoms with E-state index >= 15 is 0 Å². The summed E-state index contributed by atoms with van der Waals surface area (Å²) in [5.74, 6) is 0.323. The van der Waals surface area contributed by atoms with Gasteiger partial charge in [-0.15, -0.1) is 0 Å². The molecule has 2 rings (SSSR count). The zero-order chi connectivity index (χ0) is 20.1. The summed E-state index contributed by atoms with van der Waals surface area (Å²) in [6.45, 7) is 3.56. The van der Waals surface area contributed by atoms with E-state index in [-0.39, 0.29) is 28.5 Å². The molecule has 0 spiro atoms. The SMILES string of the molecule is CCc1cc(Cl)c(OCc2c(C(F)F)cccc2N(O)C(=O)OC)cc1C. The number of amides is 1. The zero-order valence-electron chi connectivity index (χ0n) is 15.1. The Balaban J connectivity index is 2.40. The lowest BCUT2D eigenvalue weighted by atomic mass is 10.1. The van der Waals surface area contributed by atoms with E-state index < -0.39 is 12.5 Å². The van der Waals surface area contributed by atoms with E-state index in [0.717, 1.165) is 24.7 Å². The summed E-state index contributed by atoms with van der Waals surface area (Å²) in [6, 6.07) is 7.31. The molecule has 2 aromatic rings. The molecule has 0 aromatic heterocycles. The molecule has 0 bridgehead atoms. The van der Waals surface area contributed by atoms with Gasteiger partial charge >= 0.3 is 6.09 Å². The third-order valence-corrected chi connectivity index (χ3v) is 4.44. The number of hydroxylamine groups is 1. The van der Waals surface area contributed by atoms with Crippen LogP contribution in [0.4, 0.5) is 19.3 Å². The minimum absolute atomic E-state index is 0.0475. The van der Waals surface area contributed by atoms with Crippen LogP contribution in [0.5, 0.6) is 5.75 Å². The van der Waals surface area contributed by atoms with Crippen LogP contribution in [0, 0.1) is 6.92 Å². The second-order valence-electron chi connectivity index (χ2n) is 5.78. The molecule has 0 atom stereocenters. The van der Waals surface area contributed by atoms with Crippen LogP contribution in [0.15, 0.2) is 30.3 Å². The van der Waals surface area contributed by atoms with E-state index in [2.05, 4.69) is 4.74 Å². The number of alkyl halides is 2. The fraction of sp³-hybridized carbons (Fsp3) is 0.316. The first-order valence-corrected chi connectivity index (χ1v) is 8.56. The molecular weight excluding hydrogens is 380 g/mol. The van der Waals surface area contributed by atoms with Crippen LogP contribution >= 0.6 is 11.6 Å². The molecule has 146 valence electrons. The van der Waals surface area contributed by atoms with Gasteiger partial charge in [0.05, 0.1) is 17.8 Å². The molecule has 5 nitrogen and oxygen atoms in total. The van der Waals surface area contributed by atoms with Gasteiger partial charge in [-0.25, -0.2) is 13.6 Å². The molecule has 27 heavy (non-hydrogen) atoms. The number of rotatable bonds is 6. The molecule has 2 aromatic carbocycles. The van der Waals surface area contributed by atoms with Crippen molar-refractivity contribution in [1.29, 1.82) is 0 Å². The molecule has 0 unspecified atom stereocenters. The number of hydrogen-bond donors (Lipinski definition) is 1. The minimum atomic E-state index is -2.82. The summed E-state index contributed by atoms with van der Waals surface area (Å²) in [5, 5.41) is 10.5. The summed E-state index contributed by atoms with van der Waals surface area (Å²) >= 11 is 6.22. The maximum absolute atomic E-state index is 13.4. The summed E-state index contributed by atoms with van der Waals surface area (Å²) in [6.07, 6.45) is -3.14. The highest BCUT2D eigenvalue weighted by Gasteiger charge is 2.23. The topological polar surface area (TPSA) is 59.0 Å². The Hall–Kier alpha value is -2.38. The third kappa shape index (κ3) is 4.67. The van der Waals surface area contributed by atoms with Crippen molar-refractivity contribution in [3.05, 3.63) is 57.6 Å². The molecule has 8 heteroatoms. The monoisotopic (exact) mass is 399 g/mol. The van der Waals surface area contributed by atoms with Gasteiger partial charge in [0.15, 0.2) is 0 Å². The number of ether oxygens (including phenoxy) is 2. The van der Waals surface area contributed by atoms with Crippen LogP contribution in [0.3, 0.4) is 0 Å². The first kappa shape index (κ1) is 20.9. The smallest absolute Gasteiger partial charge is 0.438 e. The van der Waals surface area contributed by atoms with Crippen molar-refractivity contribution in [3.8, 4) is 5.75 Å². The lowest BCUT2D eigenvalue weighted by Crippen LogP contribution is -2.28. The van der Waals surface area contributed by atoms with Crippen molar-refractivity contribution in [2.45, 2.75) is 33.3 Å². The molecule has 0 heterocycles. The Morgan fingerprint density at radius 2 is 2.04 bits per heavy atom. The zero-order valence-corrected chi connectivity index (χ0v) is 15.9. The van der Waals surface area contributed by atoms with Crippen molar-refractivity contribution in [2.75, 3.05) is 12.2 Å². The average molecular weight is 400 g/mol. The minimum Gasteiger partial charge on any atom is -0.487 e. The summed E-state index contributed by atoms with van der Waals surface area (Å²) in [4.78, 5) is 11.6. The van der Waals surface area contributed by atoms with Gasteiger partial charge in [-0.1, -0.05) is 30.7 Å². The Morgan fingerprint density at radius 3 is 2.63 bits per heavy atom. The third-order valence-electron chi connectivity index (χ3n) is 4.14. The van der Waals surface area contributed by atoms with Crippen molar-refractivity contribution in [1.82, 2.24) is 0 Å². The largest absolute Gasteiger partial charge is 0.487 e. The van der Waals surface area contributed by atoms with Crippen molar-refractivity contribution < 1.29 is 28.3 Å². The summed E-state index contributed by atoms with van der Waals surface area (Å²) in [5.41, 5.74) is 1.44. The molecule has 0 fully saturated rings. The molecule has 1 amide bonds. The predicted octanol–water partition coefficient (Wildman–Crippen LogP) is 5.69. The molecule has 0 aliphatic rings.